The van der Waals surface area contributed by atoms with E-state index in [1.807, 2.05) is 25.1 Å². The Morgan fingerprint density at radius 1 is 1.53 bits per heavy atom. The van der Waals surface area contributed by atoms with Crippen molar-refractivity contribution in [2.75, 3.05) is 6.61 Å². The molecule has 1 unspecified atom stereocenters. The van der Waals surface area contributed by atoms with Crippen molar-refractivity contribution >= 4 is 11.1 Å². The van der Waals surface area contributed by atoms with E-state index in [1.165, 1.54) is 0 Å². The van der Waals surface area contributed by atoms with Gasteiger partial charge >= 0.3 is 0 Å². The van der Waals surface area contributed by atoms with Crippen LogP contribution in [0.4, 0.5) is 0 Å². The molecular formula is C11H14N2O2. The van der Waals surface area contributed by atoms with Crippen LogP contribution in [-0.4, -0.2) is 16.7 Å². The second-order valence-corrected chi connectivity index (χ2v) is 3.64. The highest BCUT2D eigenvalue weighted by molar-refractivity contribution is 5.73. The number of aryl methyl sites for hydroxylation is 1. The van der Waals surface area contributed by atoms with Crippen LogP contribution in [0.25, 0.3) is 11.1 Å². The molecule has 0 spiro atoms. The predicted molar refractivity (Wildman–Crippen MR) is 57.4 cm³/mol. The van der Waals surface area contributed by atoms with Crippen LogP contribution in [0.2, 0.25) is 0 Å². The molecule has 4 heteroatoms. The van der Waals surface area contributed by atoms with Gasteiger partial charge in [0.2, 0.25) is 5.89 Å². The minimum absolute atomic E-state index is 0.0406. The molecule has 0 saturated heterocycles. The normalized spacial score (nSPS) is 13.3. The molecule has 0 aliphatic heterocycles. The SMILES string of the molecule is Cc1ccc2oc(C(N)CCO)nc2c1. The topological polar surface area (TPSA) is 72.3 Å². The van der Waals surface area contributed by atoms with Crippen molar-refractivity contribution in [3.8, 4) is 0 Å². The van der Waals surface area contributed by atoms with E-state index in [9.17, 15) is 0 Å². The van der Waals surface area contributed by atoms with Crippen LogP contribution in [0, 0.1) is 6.92 Å². The molecule has 80 valence electrons. The van der Waals surface area contributed by atoms with E-state index in [4.69, 9.17) is 15.3 Å². The molecule has 0 amide bonds. The fourth-order valence-corrected chi connectivity index (χ4v) is 1.48. The molecule has 4 nitrogen and oxygen atoms in total. The van der Waals surface area contributed by atoms with Gasteiger partial charge in [0, 0.05) is 6.61 Å². The maximum absolute atomic E-state index is 8.77. The molecule has 1 aromatic carbocycles. The number of fused-ring (bicyclic) bond motifs is 1. The lowest BCUT2D eigenvalue weighted by Crippen LogP contribution is -2.11. The molecule has 1 atom stereocenters. The van der Waals surface area contributed by atoms with Gasteiger partial charge in [-0.05, 0) is 31.0 Å². The molecule has 2 aromatic rings. The van der Waals surface area contributed by atoms with E-state index in [2.05, 4.69) is 4.98 Å². The molecule has 0 aliphatic carbocycles. The first-order valence-electron chi connectivity index (χ1n) is 4.94. The Kier molecular flexibility index (Phi) is 2.70. The summed E-state index contributed by atoms with van der Waals surface area (Å²) in [6.45, 7) is 2.04. The number of hydrogen-bond acceptors (Lipinski definition) is 4. The average Bonchev–Trinajstić information content (AvgIpc) is 2.60. The van der Waals surface area contributed by atoms with Gasteiger partial charge in [-0.25, -0.2) is 4.98 Å². The number of aliphatic hydroxyl groups is 1. The lowest BCUT2D eigenvalue weighted by atomic mass is 10.2. The Bertz CT molecular complexity index is 465. The van der Waals surface area contributed by atoms with Gasteiger partial charge in [0.25, 0.3) is 0 Å². The number of aliphatic hydroxyl groups excluding tert-OH is 1. The molecule has 0 fully saturated rings. The summed E-state index contributed by atoms with van der Waals surface area (Å²) in [5.74, 6) is 0.490. The van der Waals surface area contributed by atoms with Gasteiger partial charge in [-0.2, -0.15) is 0 Å². The zero-order valence-corrected chi connectivity index (χ0v) is 8.60. The van der Waals surface area contributed by atoms with Crippen molar-refractivity contribution in [2.45, 2.75) is 19.4 Å². The maximum Gasteiger partial charge on any atom is 0.212 e. The van der Waals surface area contributed by atoms with Gasteiger partial charge in [-0.3, -0.25) is 0 Å². The third kappa shape index (κ3) is 2.00. The number of nitrogens with zero attached hydrogens (tertiary/aromatic N) is 1. The first kappa shape index (κ1) is 10.1. The summed E-state index contributed by atoms with van der Waals surface area (Å²) in [5.41, 5.74) is 8.49. The molecule has 3 N–H and O–H groups in total. The predicted octanol–water partition coefficient (Wildman–Crippen LogP) is 1.52. The summed E-state index contributed by atoms with van der Waals surface area (Å²) < 4.78 is 5.49. The summed E-state index contributed by atoms with van der Waals surface area (Å²) in [5, 5.41) is 8.77. The lowest BCUT2D eigenvalue weighted by molar-refractivity contribution is 0.268. The van der Waals surface area contributed by atoms with Crippen molar-refractivity contribution in [1.82, 2.24) is 4.98 Å². The Morgan fingerprint density at radius 2 is 2.33 bits per heavy atom. The van der Waals surface area contributed by atoms with E-state index in [0.29, 0.717) is 12.3 Å². The highest BCUT2D eigenvalue weighted by Gasteiger charge is 2.13. The van der Waals surface area contributed by atoms with E-state index >= 15 is 0 Å². The van der Waals surface area contributed by atoms with Crippen LogP contribution in [0.1, 0.15) is 23.9 Å². The van der Waals surface area contributed by atoms with Crippen molar-refractivity contribution in [2.24, 2.45) is 5.73 Å². The van der Waals surface area contributed by atoms with Crippen molar-refractivity contribution in [1.29, 1.82) is 0 Å². The molecule has 0 bridgehead atoms. The summed E-state index contributed by atoms with van der Waals surface area (Å²) in [4.78, 5) is 4.29. The average molecular weight is 206 g/mol. The first-order chi connectivity index (χ1) is 7.20. The number of aromatic nitrogens is 1. The minimum Gasteiger partial charge on any atom is -0.439 e. The van der Waals surface area contributed by atoms with Crippen LogP contribution in [0.3, 0.4) is 0 Å². The number of benzene rings is 1. The van der Waals surface area contributed by atoms with Gasteiger partial charge in [0.05, 0.1) is 6.04 Å². The molecular weight excluding hydrogens is 192 g/mol. The number of rotatable bonds is 3. The summed E-state index contributed by atoms with van der Waals surface area (Å²) >= 11 is 0. The number of nitrogens with two attached hydrogens (primary N) is 1. The second-order valence-electron chi connectivity index (χ2n) is 3.64. The van der Waals surface area contributed by atoms with Gasteiger partial charge in [-0.1, -0.05) is 6.07 Å². The van der Waals surface area contributed by atoms with Gasteiger partial charge in [0.1, 0.15) is 5.52 Å². The standard InChI is InChI=1S/C11H14N2O2/c1-7-2-3-10-9(6-7)13-11(15-10)8(12)4-5-14/h2-3,6,8,14H,4-5,12H2,1H3. The van der Waals surface area contributed by atoms with Crippen LogP contribution < -0.4 is 5.73 Å². The van der Waals surface area contributed by atoms with Crippen LogP contribution in [-0.2, 0) is 0 Å². The maximum atomic E-state index is 8.77. The van der Waals surface area contributed by atoms with Crippen LogP contribution in [0.15, 0.2) is 22.6 Å². The van der Waals surface area contributed by atoms with Gasteiger partial charge in [0.15, 0.2) is 5.58 Å². The summed E-state index contributed by atoms with van der Waals surface area (Å²) in [6, 6.07) is 5.47. The van der Waals surface area contributed by atoms with Crippen molar-refractivity contribution in [3.05, 3.63) is 29.7 Å². The Hall–Kier alpha value is -1.39. The molecule has 1 heterocycles. The molecule has 0 saturated carbocycles. The lowest BCUT2D eigenvalue weighted by Gasteiger charge is -2.02. The van der Waals surface area contributed by atoms with Crippen molar-refractivity contribution < 1.29 is 9.52 Å². The van der Waals surface area contributed by atoms with E-state index in [-0.39, 0.29) is 12.6 Å². The summed E-state index contributed by atoms with van der Waals surface area (Å²) in [7, 11) is 0. The van der Waals surface area contributed by atoms with E-state index < -0.39 is 0 Å². The molecule has 0 radical (unpaired) electrons. The highest BCUT2D eigenvalue weighted by atomic mass is 16.3. The minimum atomic E-state index is -0.331. The summed E-state index contributed by atoms with van der Waals surface area (Å²) in [6.07, 6.45) is 0.464. The Morgan fingerprint density at radius 3 is 3.07 bits per heavy atom. The smallest absolute Gasteiger partial charge is 0.212 e. The second kappa shape index (κ2) is 4.00. The Balaban J connectivity index is 2.38. The monoisotopic (exact) mass is 206 g/mol. The molecule has 15 heavy (non-hydrogen) atoms. The van der Waals surface area contributed by atoms with E-state index in [1.54, 1.807) is 0 Å². The number of hydrogen-bond donors (Lipinski definition) is 2. The highest BCUT2D eigenvalue weighted by Crippen LogP contribution is 2.21. The fourth-order valence-electron chi connectivity index (χ4n) is 1.48. The number of oxazole rings is 1. The molecule has 2 rings (SSSR count). The first-order valence-corrected chi connectivity index (χ1v) is 4.94. The Labute approximate surface area is 87.7 Å². The van der Waals surface area contributed by atoms with Crippen LogP contribution in [0.5, 0.6) is 0 Å². The molecule has 1 aromatic heterocycles. The van der Waals surface area contributed by atoms with Gasteiger partial charge < -0.3 is 15.3 Å². The van der Waals surface area contributed by atoms with Crippen LogP contribution >= 0.6 is 0 Å². The zero-order valence-electron chi connectivity index (χ0n) is 8.60. The zero-order chi connectivity index (χ0) is 10.8. The third-order valence-electron chi connectivity index (χ3n) is 2.32. The quantitative estimate of drug-likeness (QED) is 0.798. The van der Waals surface area contributed by atoms with Crippen molar-refractivity contribution in [3.63, 3.8) is 0 Å². The largest absolute Gasteiger partial charge is 0.439 e. The fraction of sp³-hybridized carbons (Fsp3) is 0.364. The van der Waals surface area contributed by atoms with E-state index in [0.717, 1.165) is 16.7 Å². The van der Waals surface area contributed by atoms with Gasteiger partial charge in [-0.15, -0.1) is 0 Å². The third-order valence-corrected chi connectivity index (χ3v) is 2.32. The molecule has 0 aliphatic rings.